The first-order valence-electron chi connectivity index (χ1n) is 10.0. The van der Waals surface area contributed by atoms with E-state index in [0.29, 0.717) is 12.5 Å². The average Bonchev–Trinajstić information content (AvgIpc) is 3.28. The normalized spacial score (nSPS) is 17.8. The quantitative estimate of drug-likeness (QED) is 0.643. The number of hydrogen-bond donors (Lipinski definition) is 1. The number of nitrogens with zero attached hydrogens (tertiary/aromatic N) is 3. The summed E-state index contributed by atoms with van der Waals surface area (Å²) in [6.07, 6.45) is 7.79. The van der Waals surface area contributed by atoms with Crippen LogP contribution < -0.4 is 9.47 Å². The van der Waals surface area contributed by atoms with Crippen LogP contribution in [0.4, 0.5) is 0 Å². The number of H-pyrrole nitrogens is 1. The molecule has 1 saturated heterocycles. The summed E-state index contributed by atoms with van der Waals surface area (Å²) in [5.74, 6) is 2.14. The van der Waals surface area contributed by atoms with E-state index in [1.165, 1.54) is 38.8 Å². The standard InChI is InChI=1S/C21H26N4O2/c1-26-17-11-15-16(12-18(17)27-10-4-9-25-7-2-3-8-25)24-21-19(15)20(14-5-6-14)22-13-23-21/h11-14H,2-10H2,1H3,(H,22,23,24). The highest BCUT2D eigenvalue weighted by molar-refractivity contribution is 6.08. The first kappa shape index (κ1) is 16.8. The zero-order chi connectivity index (χ0) is 18.2. The number of benzene rings is 1. The lowest BCUT2D eigenvalue weighted by atomic mass is 10.1. The van der Waals surface area contributed by atoms with Crippen molar-refractivity contribution in [3.05, 3.63) is 24.2 Å². The Kier molecular flexibility index (Phi) is 4.36. The summed E-state index contributed by atoms with van der Waals surface area (Å²) in [4.78, 5) is 14.9. The van der Waals surface area contributed by atoms with Gasteiger partial charge in [-0.3, -0.25) is 0 Å². The van der Waals surface area contributed by atoms with Crippen LogP contribution in [-0.2, 0) is 0 Å². The Balaban J connectivity index is 1.41. The fourth-order valence-corrected chi connectivity index (χ4v) is 4.17. The highest BCUT2D eigenvalue weighted by Crippen LogP contribution is 2.44. The van der Waals surface area contributed by atoms with Crippen molar-refractivity contribution in [3.63, 3.8) is 0 Å². The topological polar surface area (TPSA) is 63.3 Å². The summed E-state index contributed by atoms with van der Waals surface area (Å²) < 4.78 is 11.7. The van der Waals surface area contributed by atoms with Crippen LogP contribution in [0.2, 0.25) is 0 Å². The van der Waals surface area contributed by atoms with Gasteiger partial charge in [0.15, 0.2) is 11.5 Å². The lowest BCUT2D eigenvalue weighted by Gasteiger charge is -2.15. The Bertz CT molecular complexity index is 958. The predicted molar refractivity (Wildman–Crippen MR) is 106 cm³/mol. The molecular weight excluding hydrogens is 340 g/mol. The lowest BCUT2D eigenvalue weighted by Crippen LogP contribution is -2.21. The Hall–Kier alpha value is -2.34. The molecule has 3 heterocycles. The fourth-order valence-electron chi connectivity index (χ4n) is 4.17. The fraction of sp³-hybridized carbons (Fsp3) is 0.524. The number of aromatic nitrogens is 3. The van der Waals surface area contributed by atoms with Crippen molar-refractivity contribution in [1.29, 1.82) is 0 Å². The number of hydrogen-bond acceptors (Lipinski definition) is 5. The number of methoxy groups -OCH3 is 1. The molecule has 1 saturated carbocycles. The number of rotatable bonds is 7. The summed E-state index contributed by atoms with van der Waals surface area (Å²) in [5, 5.41) is 2.25. The van der Waals surface area contributed by atoms with Crippen LogP contribution in [-0.4, -0.2) is 53.2 Å². The van der Waals surface area contributed by atoms with Gasteiger partial charge in [-0.25, -0.2) is 9.97 Å². The predicted octanol–water partition coefficient (Wildman–Crippen LogP) is 3.86. The van der Waals surface area contributed by atoms with Crippen LogP contribution >= 0.6 is 0 Å². The monoisotopic (exact) mass is 366 g/mol. The van der Waals surface area contributed by atoms with Gasteiger partial charge in [-0.2, -0.15) is 0 Å². The molecule has 142 valence electrons. The summed E-state index contributed by atoms with van der Waals surface area (Å²) in [5.41, 5.74) is 3.09. The molecule has 0 atom stereocenters. The summed E-state index contributed by atoms with van der Waals surface area (Å²) in [6, 6.07) is 4.11. The van der Waals surface area contributed by atoms with E-state index in [2.05, 4.69) is 25.9 Å². The molecule has 2 aromatic heterocycles. The third kappa shape index (κ3) is 3.23. The zero-order valence-electron chi connectivity index (χ0n) is 15.8. The molecule has 0 unspecified atom stereocenters. The third-order valence-corrected chi connectivity index (χ3v) is 5.74. The summed E-state index contributed by atoms with van der Waals surface area (Å²) in [6.45, 7) is 4.27. The molecule has 27 heavy (non-hydrogen) atoms. The minimum atomic E-state index is 0.571. The van der Waals surface area contributed by atoms with Crippen LogP contribution in [0.5, 0.6) is 11.5 Å². The maximum Gasteiger partial charge on any atom is 0.163 e. The van der Waals surface area contributed by atoms with Crippen molar-refractivity contribution in [2.75, 3.05) is 33.4 Å². The maximum atomic E-state index is 6.07. The van der Waals surface area contributed by atoms with Gasteiger partial charge in [-0.1, -0.05) is 0 Å². The van der Waals surface area contributed by atoms with Gasteiger partial charge in [0.05, 0.1) is 24.9 Å². The Morgan fingerprint density at radius 1 is 1.15 bits per heavy atom. The van der Waals surface area contributed by atoms with Crippen LogP contribution in [0.15, 0.2) is 18.5 Å². The molecular formula is C21H26N4O2. The molecule has 2 fully saturated rings. The van der Waals surface area contributed by atoms with E-state index >= 15 is 0 Å². The number of ether oxygens (including phenoxy) is 2. The summed E-state index contributed by atoms with van der Waals surface area (Å²) >= 11 is 0. The van der Waals surface area contributed by atoms with Gasteiger partial charge >= 0.3 is 0 Å². The number of nitrogens with one attached hydrogen (secondary N) is 1. The van der Waals surface area contributed by atoms with Gasteiger partial charge in [0, 0.05) is 29.3 Å². The van der Waals surface area contributed by atoms with Crippen molar-refractivity contribution in [3.8, 4) is 11.5 Å². The molecule has 1 aromatic carbocycles. The Morgan fingerprint density at radius 2 is 2.00 bits per heavy atom. The molecule has 0 radical (unpaired) electrons. The maximum absolute atomic E-state index is 6.07. The molecule has 6 heteroatoms. The van der Waals surface area contributed by atoms with E-state index in [1.54, 1.807) is 13.4 Å². The van der Waals surface area contributed by atoms with Crippen molar-refractivity contribution >= 4 is 21.9 Å². The van der Waals surface area contributed by atoms with Gasteiger partial charge < -0.3 is 19.4 Å². The van der Waals surface area contributed by atoms with Crippen LogP contribution in [0.3, 0.4) is 0 Å². The number of aromatic amines is 1. The Morgan fingerprint density at radius 3 is 2.78 bits per heavy atom. The van der Waals surface area contributed by atoms with E-state index in [1.807, 2.05) is 6.07 Å². The van der Waals surface area contributed by atoms with Crippen molar-refractivity contribution in [2.45, 2.75) is 38.0 Å². The lowest BCUT2D eigenvalue weighted by molar-refractivity contribution is 0.254. The Labute approximate surface area is 158 Å². The molecule has 0 spiro atoms. The van der Waals surface area contributed by atoms with Crippen molar-refractivity contribution < 1.29 is 9.47 Å². The minimum absolute atomic E-state index is 0.571. The highest BCUT2D eigenvalue weighted by atomic mass is 16.5. The van der Waals surface area contributed by atoms with Gasteiger partial charge in [0.1, 0.15) is 12.0 Å². The zero-order valence-corrected chi connectivity index (χ0v) is 15.8. The van der Waals surface area contributed by atoms with E-state index < -0.39 is 0 Å². The second-order valence-electron chi connectivity index (χ2n) is 7.68. The smallest absolute Gasteiger partial charge is 0.163 e. The van der Waals surface area contributed by atoms with E-state index in [0.717, 1.165) is 52.1 Å². The molecule has 5 rings (SSSR count). The molecule has 0 amide bonds. The second-order valence-corrected chi connectivity index (χ2v) is 7.68. The van der Waals surface area contributed by atoms with Crippen LogP contribution in [0, 0.1) is 0 Å². The minimum Gasteiger partial charge on any atom is -0.493 e. The number of fused-ring (bicyclic) bond motifs is 3. The molecule has 6 nitrogen and oxygen atoms in total. The molecule has 2 aliphatic rings. The van der Waals surface area contributed by atoms with E-state index in [9.17, 15) is 0 Å². The number of likely N-dealkylation sites (tertiary alicyclic amines) is 1. The van der Waals surface area contributed by atoms with Crippen LogP contribution in [0.1, 0.15) is 43.7 Å². The average molecular weight is 366 g/mol. The van der Waals surface area contributed by atoms with Crippen LogP contribution in [0.25, 0.3) is 21.9 Å². The molecule has 1 aliphatic heterocycles. The van der Waals surface area contributed by atoms with Gasteiger partial charge in [-0.15, -0.1) is 0 Å². The van der Waals surface area contributed by atoms with E-state index in [4.69, 9.17) is 9.47 Å². The van der Waals surface area contributed by atoms with Crippen molar-refractivity contribution in [1.82, 2.24) is 19.9 Å². The summed E-state index contributed by atoms with van der Waals surface area (Å²) in [7, 11) is 1.70. The van der Waals surface area contributed by atoms with Gasteiger partial charge in [0.2, 0.25) is 0 Å². The largest absolute Gasteiger partial charge is 0.493 e. The van der Waals surface area contributed by atoms with E-state index in [-0.39, 0.29) is 0 Å². The van der Waals surface area contributed by atoms with Crippen molar-refractivity contribution in [2.24, 2.45) is 0 Å². The first-order chi connectivity index (χ1) is 13.3. The van der Waals surface area contributed by atoms with Gasteiger partial charge in [0.25, 0.3) is 0 Å². The third-order valence-electron chi connectivity index (χ3n) is 5.74. The van der Waals surface area contributed by atoms with Gasteiger partial charge in [-0.05, 0) is 51.3 Å². The molecule has 1 aliphatic carbocycles. The molecule has 0 bridgehead atoms. The highest BCUT2D eigenvalue weighted by Gasteiger charge is 2.28. The first-order valence-corrected chi connectivity index (χ1v) is 10.0. The molecule has 3 aromatic rings. The molecule has 1 N–H and O–H groups in total. The second kappa shape index (κ2) is 7.00. The SMILES string of the molecule is COc1cc2c(cc1OCCCN1CCCC1)[nH]c1ncnc(C3CC3)c12.